The lowest BCUT2D eigenvalue weighted by atomic mass is 10.2. The average molecular weight is 368 g/mol. The van der Waals surface area contributed by atoms with Gasteiger partial charge in [-0.25, -0.2) is 5.43 Å². The van der Waals surface area contributed by atoms with E-state index < -0.39 is 0 Å². The molecule has 0 saturated carbocycles. The van der Waals surface area contributed by atoms with Gasteiger partial charge < -0.3 is 14.6 Å². The molecule has 2 N–H and O–H groups in total. The van der Waals surface area contributed by atoms with Crippen molar-refractivity contribution < 1.29 is 14.0 Å². The summed E-state index contributed by atoms with van der Waals surface area (Å²) < 4.78 is 5.80. The average Bonchev–Trinajstić information content (AvgIpc) is 2.95. The number of anilines is 2. The van der Waals surface area contributed by atoms with Crippen LogP contribution in [0.1, 0.15) is 48.7 Å². The fraction of sp³-hybridized carbons (Fsp3) is 0.350. The molecule has 27 heavy (non-hydrogen) atoms. The number of hydrazone groups is 1. The third kappa shape index (κ3) is 5.44. The van der Waals surface area contributed by atoms with E-state index in [1.54, 1.807) is 24.3 Å². The molecule has 1 aliphatic heterocycles. The normalized spacial score (nSPS) is 14.8. The Morgan fingerprint density at radius 3 is 2.41 bits per heavy atom. The molecule has 0 bridgehead atoms. The highest BCUT2D eigenvalue weighted by molar-refractivity contribution is 5.95. The number of carbonyl (C=O) groups excluding carboxylic acids is 2. The number of amides is 2. The van der Waals surface area contributed by atoms with E-state index in [2.05, 4.69) is 20.7 Å². The zero-order valence-corrected chi connectivity index (χ0v) is 15.4. The molecule has 1 fully saturated rings. The lowest BCUT2D eigenvalue weighted by Gasteiger charge is -2.18. The number of carbonyl (C=O) groups is 2. The number of rotatable bonds is 5. The number of hydrogen-bond acceptors (Lipinski definition) is 5. The van der Waals surface area contributed by atoms with E-state index in [0.29, 0.717) is 17.0 Å². The minimum Gasteiger partial charge on any atom is -0.440 e. The Balaban J connectivity index is 1.54. The molecule has 7 nitrogen and oxygen atoms in total. The van der Waals surface area contributed by atoms with Crippen LogP contribution in [-0.4, -0.2) is 31.1 Å². The van der Waals surface area contributed by atoms with Gasteiger partial charge in [-0.2, -0.15) is 5.10 Å². The summed E-state index contributed by atoms with van der Waals surface area (Å²) in [6.45, 7) is 3.45. The Labute approximate surface area is 158 Å². The molecule has 2 heterocycles. The van der Waals surface area contributed by atoms with Crippen LogP contribution >= 0.6 is 0 Å². The van der Waals surface area contributed by atoms with Crippen LogP contribution in [-0.2, 0) is 4.79 Å². The zero-order chi connectivity index (χ0) is 19.1. The van der Waals surface area contributed by atoms with Crippen LogP contribution in [0.3, 0.4) is 0 Å². The monoisotopic (exact) mass is 368 g/mol. The molecule has 1 aromatic carbocycles. The fourth-order valence-electron chi connectivity index (χ4n) is 3.00. The Morgan fingerprint density at radius 1 is 1.04 bits per heavy atom. The van der Waals surface area contributed by atoms with E-state index in [1.165, 1.54) is 38.8 Å². The lowest BCUT2D eigenvalue weighted by molar-refractivity contribution is -0.114. The smallest absolute Gasteiger partial charge is 0.271 e. The summed E-state index contributed by atoms with van der Waals surface area (Å²) in [5, 5.41) is 6.61. The summed E-state index contributed by atoms with van der Waals surface area (Å²) in [5.74, 6) is 0.948. The second kappa shape index (κ2) is 9.02. The van der Waals surface area contributed by atoms with Crippen LogP contribution in [0.15, 0.2) is 45.9 Å². The summed E-state index contributed by atoms with van der Waals surface area (Å²) >= 11 is 0. The van der Waals surface area contributed by atoms with Gasteiger partial charge in [0.05, 0.1) is 6.21 Å². The fourth-order valence-corrected chi connectivity index (χ4v) is 3.00. The molecule has 2 amide bonds. The highest BCUT2D eigenvalue weighted by Crippen LogP contribution is 2.21. The molecular weight excluding hydrogens is 344 g/mol. The van der Waals surface area contributed by atoms with Gasteiger partial charge in [0.1, 0.15) is 5.76 Å². The van der Waals surface area contributed by atoms with E-state index >= 15 is 0 Å². The van der Waals surface area contributed by atoms with E-state index in [0.717, 1.165) is 19.0 Å². The number of nitrogens with zero attached hydrogens (tertiary/aromatic N) is 2. The molecule has 0 aliphatic carbocycles. The summed E-state index contributed by atoms with van der Waals surface area (Å²) in [5.41, 5.74) is 3.56. The zero-order valence-electron chi connectivity index (χ0n) is 15.4. The molecule has 2 aromatic rings. The maximum Gasteiger partial charge on any atom is 0.271 e. The summed E-state index contributed by atoms with van der Waals surface area (Å²) in [6, 6.07) is 10.4. The highest BCUT2D eigenvalue weighted by atomic mass is 16.4. The number of nitrogens with one attached hydrogen (secondary N) is 2. The summed E-state index contributed by atoms with van der Waals surface area (Å²) in [6.07, 6.45) is 6.39. The second-order valence-electron chi connectivity index (χ2n) is 6.53. The van der Waals surface area contributed by atoms with Gasteiger partial charge in [-0.05, 0) is 43.2 Å². The van der Waals surface area contributed by atoms with Gasteiger partial charge in [-0.1, -0.05) is 12.8 Å². The molecule has 3 rings (SSSR count). The van der Waals surface area contributed by atoms with Crippen LogP contribution in [0, 0.1) is 0 Å². The Bertz CT molecular complexity index is 803. The standard InChI is InChI=1S/C20H24N4O3/c1-15(25)22-17-8-6-16(7-9-17)20(26)23-21-14-18-10-11-19(27-18)24-12-4-2-3-5-13-24/h6-11,14H,2-5,12-13H2,1H3,(H,22,25)(H,23,26). The first kappa shape index (κ1) is 18.7. The van der Waals surface area contributed by atoms with Crippen LogP contribution in [0.5, 0.6) is 0 Å². The summed E-state index contributed by atoms with van der Waals surface area (Å²) in [4.78, 5) is 25.4. The van der Waals surface area contributed by atoms with Crippen LogP contribution in [0.4, 0.5) is 11.6 Å². The Hall–Kier alpha value is -3.09. The highest BCUT2D eigenvalue weighted by Gasteiger charge is 2.13. The largest absolute Gasteiger partial charge is 0.440 e. The molecule has 0 unspecified atom stereocenters. The molecule has 1 saturated heterocycles. The predicted octanol–water partition coefficient (Wildman–Crippen LogP) is 3.38. The van der Waals surface area contributed by atoms with Crippen molar-refractivity contribution in [2.24, 2.45) is 5.10 Å². The van der Waals surface area contributed by atoms with Gasteiger partial charge >= 0.3 is 0 Å². The van der Waals surface area contributed by atoms with Crippen molar-refractivity contribution in [3.8, 4) is 0 Å². The quantitative estimate of drug-likeness (QED) is 0.626. The van der Waals surface area contributed by atoms with Crippen molar-refractivity contribution in [1.82, 2.24) is 5.43 Å². The molecule has 1 aromatic heterocycles. The second-order valence-corrected chi connectivity index (χ2v) is 6.53. The number of hydrogen-bond donors (Lipinski definition) is 2. The minimum absolute atomic E-state index is 0.158. The van der Waals surface area contributed by atoms with E-state index in [9.17, 15) is 9.59 Å². The molecular formula is C20H24N4O3. The predicted molar refractivity (Wildman–Crippen MR) is 105 cm³/mol. The van der Waals surface area contributed by atoms with Crippen molar-refractivity contribution in [2.75, 3.05) is 23.3 Å². The van der Waals surface area contributed by atoms with Gasteiger partial charge in [0.25, 0.3) is 5.91 Å². The first-order valence-electron chi connectivity index (χ1n) is 9.18. The molecule has 1 aliphatic rings. The van der Waals surface area contributed by atoms with Gasteiger partial charge in [0.15, 0.2) is 5.88 Å². The maximum atomic E-state index is 12.1. The first-order chi connectivity index (χ1) is 13.1. The molecule has 0 spiro atoms. The third-order valence-electron chi connectivity index (χ3n) is 4.36. The summed E-state index contributed by atoms with van der Waals surface area (Å²) in [7, 11) is 0. The van der Waals surface area contributed by atoms with E-state index in [1.807, 2.05) is 12.1 Å². The minimum atomic E-state index is -0.333. The van der Waals surface area contributed by atoms with Gasteiger partial charge in [0, 0.05) is 37.3 Å². The van der Waals surface area contributed by atoms with Gasteiger partial charge in [-0.15, -0.1) is 0 Å². The molecule has 0 radical (unpaired) electrons. The number of benzene rings is 1. The van der Waals surface area contributed by atoms with Crippen molar-refractivity contribution >= 4 is 29.6 Å². The van der Waals surface area contributed by atoms with Crippen molar-refractivity contribution in [2.45, 2.75) is 32.6 Å². The third-order valence-corrected chi connectivity index (χ3v) is 4.36. The van der Waals surface area contributed by atoms with Crippen molar-refractivity contribution in [3.05, 3.63) is 47.7 Å². The van der Waals surface area contributed by atoms with Gasteiger partial charge in [-0.3, -0.25) is 9.59 Å². The molecule has 142 valence electrons. The first-order valence-corrected chi connectivity index (χ1v) is 9.18. The van der Waals surface area contributed by atoms with E-state index in [4.69, 9.17) is 4.42 Å². The van der Waals surface area contributed by atoms with Crippen LogP contribution in [0.2, 0.25) is 0 Å². The molecule has 7 heteroatoms. The SMILES string of the molecule is CC(=O)Nc1ccc(C(=O)NN=Cc2ccc(N3CCCCCC3)o2)cc1. The Morgan fingerprint density at radius 2 is 1.74 bits per heavy atom. The van der Waals surface area contributed by atoms with Crippen molar-refractivity contribution in [3.63, 3.8) is 0 Å². The van der Waals surface area contributed by atoms with Gasteiger partial charge in [0.2, 0.25) is 5.91 Å². The number of furan rings is 1. The van der Waals surface area contributed by atoms with E-state index in [-0.39, 0.29) is 11.8 Å². The molecule has 0 atom stereocenters. The van der Waals surface area contributed by atoms with Crippen LogP contribution < -0.4 is 15.6 Å². The lowest BCUT2D eigenvalue weighted by Crippen LogP contribution is -2.23. The maximum absolute atomic E-state index is 12.1. The topological polar surface area (TPSA) is 86.9 Å². The van der Waals surface area contributed by atoms with Crippen molar-refractivity contribution in [1.29, 1.82) is 0 Å². The van der Waals surface area contributed by atoms with Crippen LogP contribution in [0.25, 0.3) is 0 Å². The Kier molecular flexibility index (Phi) is 6.25.